The molecule has 10 heavy (non-hydrogen) atoms. The van der Waals surface area contributed by atoms with Gasteiger partial charge in [-0.15, -0.1) is 0 Å². The van der Waals surface area contributed by atoms with E-state index in [0.717, 1.165) is 0 Å². The van der Waals surface area contributed by atoms with Gasteiger partial charge in [-0.1, -0.05) is 0 Å². The molecule has 0 amide bonds. The van der Waals surface area contributed by atoms with Crippen LogP contribution in [0, 0.1) is 0 Å². The first-order chi connectivity index (χ1) is 4.74. The van der Waals surface area contributed by atoms with Gasteiger partial charge in [0.25, 0.3) is 0 Å². The lowest BCUT2D eigenvalue weighted by Gasteiger charge is -2.05. The van der Waals surface area contributed by atoms with Gasteiger partial charge in [-0.3, -0.25) is 0 Å². The molecule has 1 unspecified atom stereocenters. The first-order valence-electron chi connectivity index (χ1n) is 3.25. The van der Waals surface area contributed by atoms with Crippen LogP contribution in [0.15, 0.2) is 11.6 Å². The van der Waals surface area contributed by atoms with Crippen molar-refractivity contribution in [3.05, 3.63) is 11.6 Å². The van der Waals surface area contributed by atoms with Crippen molar-refractivity contribution in [1.82, 2.24) is 0 Å². The Labute approximate surface area is 59.6 Å². The van der Waals surface area contributed by atoms with E-state index in [1.165, 1.54) is 0 Å². The summed E-state index contributed by atoms with van der Waals surface area (Å²) in [5.41, 5.74) is 0.624. The minimum atomic E-state index is -0.447. The van der Waals surface area contributed by atoms with Crippen LogP contribution >= 0.6 is 0 Å². The van der Waals surface area contributed by atoms with Crippen molar-refractivity contribution in [3.63, 3.8) is 0 Å². The summed E-state index contributed by atoms with van der Waals surface area (Å²) in [4.78, 5) is 10.7. The third-order valence-electron chi connectivity index (χ3n) is 1.26. The number of carbonyl (C=O) groups excluding carboxylic acids is 1. The number of carbonyl (C=O) groups is 1. The molecular formula is C7H10O3. The van der Waals surface area contributed by atoms with Gasteiger partial charge in [0.15, 0.2) is 0 Å². The van der Waals surface area contributed by atoms with Crippen LogP contribution in [0.2, 0.25) is 0 Å². The highest BCUT2D eigenvalue weighted by atomic mass is 16.7. The molecule has 1 aliphatic rings. The Bertz CT molecular complexity index is 172. The van der Waals surface area contributed by atoms with E-state index in [9.17, 15) is 4.79 Å². The zero-order valence-electron chi connectivity index (χ0n) is 6.09. The summed E-state index contributed by atoms with van der Waals surface area (Å²) in [5.74, 6) is -0.279. The summed E-state index contributed by atoms with van der Waals surface area (Å²) in [6.07, 6.45) is 1.23. The van der Waals surface area contributed by atoms with E-state index in [0.29, 0.717) is 12.2 Å². The monoisotopic (exact) mass is 142 g/mol. The maximum atomic E-state index is 10.7. The molecule has 1 heterocycles. The number of rotatable bonds is 2. The molecule has 0 aromatic carbocycles. The van der Waals surface area contributed by atoms with Crippen LogP contribution in [0.5, 0.6) is 0 Å². The second kappa shape index (κ2) is 2.84. The lowest BCUT2D eigenvalue weighted by Crippen LogP contribution is -2.11. The van der Waals surface area contributed by atoms with Crippen LogP contribution in [0.4, 0.5) is 0 Å². The number of esters is 1. The van der Waals surface area contributed by atoms with E-state index >= 15 is 0 Å². The van der Waals surface area contributed by atoms with Crippen LogP contribution in [0.1, 0.15) is 13.8 Å². The molecule has 1 aliphatic heterocycles. The van der Waals surface area contributed by atoms with Crippen LogP contribution in [0.25, 0.3) is 0 Å². The molecule has 1 rings (SSSR count). The van der Waals surface area contributed by atoms with Gasteiger partial charge in [0.05, 0.1) is 0 Å². The summed E-state index contributed by atoms with van der Waals surface area (Å²) in [5, 5.41) is 0. The number of hydrogen-bond acceptors (Lipinski definition) is 3. The van der Waals surface area contributed by atoms with Crippen molar-refractivity contribution in [2.75, 3.05) is 6.61 Å². The second-order valence-electron chi connectivity index (χ2n) is 2.08. The highest BCUT2D eigenvalue weighted by Gasteiger charge is 2.21. The smallest absolute Gasteiger partial charge is 0.336 e. The van der Waals surface area contributed by atoms with E-state index in [1.807, 2.05) is 6.92 Å². The zero-order chi connectivity index (χ0) is 7.56. The van der Waals surface area contributed by atoms with Gasteiger partial charge in [-0.25, -0.2) is 4.79 Å². The quantitative estimate of drug-likeness (QED) is 0.536. The normalized spacial score (nSPS) is 24.4. The molecule has 3 nitrogen and oxygen atoms in total. The van der Waals surface area contributed by atoms with Crippen LogP contribution in [-0.2, 0) is 14.3 Å². The molecule has 0 fully saturated rings. The third-order valence-corrected chi connectivity index (χ3v) is 1.26. The number of hydrogen-bond donors (Lipinski definition) is 0. The van der Waals surface area contributed by atoms with E-state index in [1.54, 1.807) is 13.0 Å². The first kappa shape index (κ1) is 7.28. The summed E-state index contributed by atoms with van der Waals surface area (Å²) in [6, 6.07) is 0. The Kier molecular flexibility index (Phi) is 2.06. The van der Waals surface area contributed by atoms with E-state index in [-0.39, 0.29) is 5.97 Å². The summed E-state index contributed by atoms with van der Waals surface area (Å²) < 4.78 is 9.78. The summed E-state index contributed by atoms with van der Waals surface area (Å²) in [7, 11) is 0. The average Bonchev–Trinajstić information content (AvgIpc) is 2.14. The zero-order valence-corrected chi connectivity index (χ0v) is 6.09. The third kappa shape index (κ3) is 1.36. The van der Waals surface area contributed by atoms with Crippen LogP contribution in [-0.4, -0.2) is 18.9 Å². The topological polar surface area (TPSA) is 35.5 Å². The lowest BCUT2D eigenvalue weighted by atomic mass is 10.3. The predicted octanol–water partition coefficient (Wildman–Crippen LogP) is 0.852. The molecule has 0 aromatic rings. The fraction of sp³-hybridized carbons (Fsp3) is 0.571. The molecule has 0 aromatic heterocycles. The highest BCUT2D eigenvalue weighted by molar-refractivity contribution is 5.89. The largest absolute Gasteiger partial charge is 0.429 e. The molecule has 0 aliphatic carbocycles. The minimum absolute atomic E-state index is 0.279. The van der Waals surface area contributed by atoms with Crippen LogP contribution in [0.3, 0.4) is 0 Å². The fourth-order valence-corrected chi connectivity index (χ4v) is 0.751. The van der Waals surface area contributed by atoms with Gasteiger partial charge >= 0.3 is 5.97 Å². The molecule has 0 radical (unpaired) electrons. The van der Waals surface area contributed by atoms with Crippen molar-refractivity contribution < 1.29 is 14.3 Å². The van der Waals surface area contributed by atoms with Gasteiger partial charge in [0, 0.05) is 12.2 Å². The van der Waals surface area contributed by atoms with E-state index in [2.05, 4.69) is 0 Å². The Morgan fingerprint density at radius 1 is 1.80 bits per heavy atom. The van der Waals surface area contributed by atoms with Crippen molar-refractivity contribution >= 4 is 5.97 Å². The van der Waals surface area contributed by atoms with Crippen molar-refractivity contribution in [2.45, 2.75) is 20.1 Å². The van der Waals surface area contributed by atoms with Crippen molar-refractivity contribution in [2.24, 2.45) is 0 Å². The van der Waals surface area contributed by atoms with Gasteiger partial charge < -0.3 is 9.47 Å². The van der Waals surface area contributed by atoms with Crippen molar-refractivity contribution in [3.8, 4) is 0 Å². The molecule has 0 bridgehead atoms. The van der Waals surface area contributed by atoms with E-state index in [4.69, 9.17) is 9.47 Å². The first-order valence-corrected chi connectivity index (χ1v) is 3.25. The Hall–Kier alpha value is -0.830. The average molecular weight is 142 g/mol. The molecule has 3 heteroatoms. The lowest BCUT2D eigenvalue weighted by molar-refractivity contribution is -0.157. The molecule has 0 N–H and O–H groups in total. The molecule has 0 saturated heterocycles. The minimum Gasteiger partial charge on any atom is -0.429 e. The Morgan fingerprint density at radius 3 is 2.90 bits per heavy atom. The molecular weight excluding hydrogens is 132 g/mol. The SMILES string of the molecule is CCOC1C=C(C)C(=O)O1. The number of cyclic esters (lactones) is 1. The highest BCUT2D eigenvalue weighted by Crippen LogP contribution is 2.12. The standard InChI is InChI=1S/C7H10O3/c1-3-9-6-4-5(2)7(8)10-6/h4,6H,3H2,1-2H3. The van der Waals surface area contributed by atoms with E-state index < -0.39 is 6.29 Å². The Balaban J connectivity index is 2.48. The maximum Gasteiger partial charge on any atom is 0.336 e. The van der Waals surface area contributed by atoms with Gasteiger partial charge in [0.1, 0.15) is 0 Å². The van der Waals surface area contributed by atoms with Gasteiger partial charge in [-0.05, 0) is 19.9 Å². The molecule has 0 spiro atoms. The second-order valence-corrected chi connectivity index (χ2v) is 2.08. The van der Waals surface area contributed by atoms with Crippen LogP contribution < -0.4 is 0 Å². The molecule has 0 saturated carbocycles. The van der Waals surface area contributed by atoms with Gasteiger partial charge in [-0.2, -0.15) is 0 Å². The Morgan fingerprint density at radius 2 is 2.50 bits per heavy atom. The number of ether oxygens (including phenoxy) is 2. The van der Waals surface area contributed by atoms with Gasteiger partial charge in [0.2, 0.25) is 6.29 Å². The summed E-state index contributed by atoms with van der Waals surface area (Å²) in [6.45, 7) is 4.12. The molecule has 56 valence electrons. The summed E-state index contributed by atoms with van der Waals surface area (Å²) >= 11 is 0. The predicted molar refractivity (Wildman–Crippen MR) is 35.3 cm³/mol. The fourth-order valence-electron chi connectivity index (χ4n) is 0.751. The van der Waals surface area contributed by atoms with Crippen molar-refractivity contribution in [1.29, 1.82) is 0 Å². The maximum absolute atomic E-state index is 10.7. The molecule has 1 atom stereocenters.